The number of hydrogen-bond acceptors (Lipinski definition) is 4. The number of hydrogen-bond donors (Lipinski definition) is 1. The second kappa shape index (κ2) is 8.16. The number of amides is 1. The number of carbonyl (C=O) groups is 1. The molecule has 0 aliphatic carbocycles. The Kier molecular flexibility index (Phi) is 5.42. The lowest BCUT2D eigenvalue weighted by molar-refractivity contribution is -0.113. The summed E-state index contributed by atoms with van der Waals surface area (Å²) in [6.45, 7) is 0. The van der Waals surface area contributed by atoms with Crippen LogP contribution in [0.3, 0.4) is 0 Å². The Labute approximate surface area is 183 Å². The third-order valence-electron chi connectivity index (χ3n) is 4.78. The molecule has 0 aromatic heterocycles. The number of carbonyl (C=O) groups excluding carboxylic acids is 1. The van der Waals surface area contributed by atoms with E-state index in [0.29, 0.717) is 17.2 Å². The Morgan fingerprint density at radius 1 is 0.933 bits per heavy atom. The third-order valence-corrected chi connectivity index (χ3v) is 5.31. The number of aliphatic imine (C=N–C) groups is 1. The number of rotatable bonds is 4. The Bertz CT molecular complexity index is 1130. The van der Waals surface area contributed by atoms with Gasteiger partial charge in [-0.2, -0.15) is 0 Å². The molecule has 0 atom stereocenters. The van der Waals surface area contributed by atoms with E-state index in [9.17, 15) is 9.90 Å². The molecule has 4 rings (SSSR count). The fourth-order valence-corrected chi connectivity index (χ4v) is 3.44. The molecule has 30 heavy (non-hydrogen) atoms. The molecule has 0 spiro atoms. The van der Waals surface area contributed by atoms with E-state index in [0.717, 1.165) is 21.3 Å². The Balaban J connectivity index is 1.77. The minimum atomic E-state index is -0.213. The predicted octanol–water partition coefficient (Wildman–Crippen LogP) is 5.06. The number of phenolic OH excluding ortho intramolecular Hbond substituents is 1. The summed E-state index contributed by atoms with van der Waals surface area (Å²) < 4.78 is 0.948. The van der Waals surface area contributed by atoms with Crippen LogP contribution in [0.2, 0.25) is 0 Å². The Morgan fingerprint density at radius 2 is 1.57 bits per heavy atom. The summed E-state index contributed by atoms with van der Waals surface area (Å²) >= 11 is 3.44. The molecule has 1 N–H and O–H groups in total. The number of anilines is 2. The summed E-state index contributed by atoms with van der Waals surface area (Å²) in [7, 11) is 3.97. The van der Waals surface area contributed by atoms with Crippen molar-refractivity contribution in [3.63, 3.8) is 0 Å². The smallest absolute Gasteiger partial charge is 0.282 e. The van der Waals surface area contributed by atoms with E-state index in [1.54, 1.807) is 35.2 Å². The van der Waals surface area contributed by atoms with Gasteiger partial charge in [-0.05, 0) is 60.2 Å². The van der Waals surface area contributed by atoms with E-state index in [1.807, 2.05) is 67.5 Å². The Morgan fingerprint density at radius 3 is 2.17 bits per heavy atom. The van der Waals surface area contributed by atoms with Crippen molar-refractivity contribution in [2.45, 2.75) is 0 Å². The maximum Gasteiger partial charge on any atom is 0.282 e. The van der Waals surface area contributed by atoms with Gasteiger partial charge in [0.05, 0.1) is 5.69 Å². The summed E-state index contributed by atoms with van der Waals surface area (Å²) in [6.07, 6.45) is 1.79. The third kappa shape index (κ3) is 4.00. The van der Waals surface area contributed by atoms with Gasteiger partial charge in [-0.15, -0.1) is 0 Å². The number of aromatic hydroxyl groups is 1. The molecule has 150 valence electrons. The van der Waals surface area contributed by atoms with Gasteiger partial charge in [0.25, 0.3) is 5.91 Å². The van der Waals surface area contributed by atoms with Crippen molar-refractivity contribution < 1.29 is 9.90 Å². The quantitative estimate of drug-likeness (QED) is 0.552. The lowest BCUT2D eigenvalue weighted by Crippen LogP contribution is -2.32. The van der Waals surface area contributed by atoms with Gasteiger partial charge in [-0.1, -0.05) is 40.2 Å². The molecule has 6 heteroatoms. The minimum Gasteiger partial charge on any atom is -0.508 e. The van der Waals surface area contributed by atoms with E-state index in [4.69, 9.17) is 0 Å². The first-order chi connectivity index (χ1) is 14.4. The highest BCUT2D eigenvalue weighted by Crippen LogP contribution is 2.29. The molecule has 1 heterocycles. The van der Waals surface area contributed by atoms with E-state index in [2.05, 4.69) is 20.9 Å². The predicted molar refractivity (Wildman–Crippen MR) is 125 cm³/mol. The Hall–Kier alpha value is -3.38. The van der Waals surface area contributed by atoms with Crippen molar-refractivity contribution in [3.05, 3.63) is 94.1 Å². The topological polar surface area (TPSA) is 56.1 Å². The van der Waals surface area contributed by atoms with Crippen molar-refractivity contribution in [2.24, 2.45) is 4.99 Å². The van der Waals surface area contributed by atoms with Crippen molar-refractivity contribution in [2.75, 3.05) is 23.9 Å². The molecule has 3 aromatic rings. The first-order valence-electron chi connectivity index (χ1n) is 9.39. The standard InChI is InChI=1S/C24H20BrN3O2/c1-27(2)19-9-3-16(4-10-19)15-22-24(30)28(20-11-13-21(29)14-12-20)23(26-22)17-5-7-18(25)8-6-17/h3-15,29H,1-2H3/b22-15+. The van der Waals surface area contributed by atoms with Gasteiger partial charge in [0.15, 0.2) is 0 Å². The number of amidine groups is 1. The lowest BCUT2D eigenvalue weighted by Gasteiger charge is -2.18. The van der Waals surface area contributed by atoms with Crippen LogP contribution in [0.5, 0.6) is 5.75 Å². The maximum absolute atomic E-state index is 13.3. The highest BCUT2D eigenvalue weighted by atomic mass is 79.9. The molecular formula is C24H20BrN3O2. The molecule has 0 unspecified atom stereocenters. The van der Waals surface area contributed by atoms with Gasteiger partial charge in [0.2, 0.25) is 0 Å². The van der Waals surface area contributed by atoms with Crippen LogP contribution in [0.4, 0.5) is 11.4 Å². The molecule has 1 amide bonds. The zero-order chi connectivity index (χ0) is 21.3. The van der Waals surface area contributed by atoms with Crippen molar-refractivity contribution in [1.82, 2.24) is 0 Å². The first-order valence-corrected chi connectivity index (χ1v) is 10.2. The zero-order valence-electron chi connectivity index (χ0n) is 16.6. The summed E-state index contributed by atoms with van der Waals surface area (Å²) in [5, 5.41) is 9.63. The molecule has 1 aliphatic heterocycles. The summed E-state index contributed by atoms with van der Waals surface area (Å²) in [6, 6.07) is 22.1. The summed E-state index contributed by atoms with van der Waals surface area (Å²) in [5.41, 5.74) is 3.81. The number of phenols is 1. The largest absolute Gasteiger partial charge is 0.508 e. The van der Waals surface area contributed by atoms with Gasteiger partial charge in [0.1, 0.15) is 17.3 Å². The monoisotopic (exact) mass is 461 g/mol. The molecule has 5 nitrogen and oxygen atoms in total. The van der Waals surface area contributed by atoms with E-state index >= 15 is 0 Å². The number of halogens is 1. The highest BCUT2D eigenvalue weighted by Gasteiger charge is 2.32. The van der Waals surface area contributed by atoms with Crippen LogP contribution in [-0.4, -0.2) is 30.9 Å². The molecule has 3 aromatic carbocycles. The molecule has 0 radical (unpaired) electrons. The van der Waals surface area contributed by atoms with Gasteiger partial charge in [0, 0.05) is 29.8 Å². The fraction of sp³-hybridized carbons (Fsp3) is 0.0833. The fourth-order valence-electron chi connectivity index (χ4n) is 3.18. The molecule has 1 aliphatic rings. The molecule has 0 fully saturated rings. The SMILES string of the molecule is CN(C)c1ccc(/C=C2/N=C(c3ccc(Br)cc3)N(c3ccc(O)cc3)C2=O)cc1. The van der Waals surface area contributed by atoms with Crippen molar-refractivity contribution in [3.8, 4) is 5.75 Å². The molecular weight excluding hydrogens is 442 g/mol. The molecule has 0 saturated heterocycles. The van der Waals surface area contributed by atoms with E-state index in [1.165, 1.54) is 0 Å². The summed E-state index contributed by atoms with van der Waals surface area (Å²) in [4.78, 5) is 21.5. The van der Waals surface area contributed by atoms with Gasteiger partial charge < -0.3 is 10.0 Å². The van der Waals surface area contributed by atoms with Crippen LogP contribution in [0.25, 0.3) is 6.08 Å². The van der Waals surface area contributed by atoms with Crippen LogP contribution < -0.4 is 9.80 Å². The van der Waals surface area contributed by atoms with Crippen molar-refractivity contribution >= 4 is 45.1 Å². The molecule has 0 bridgehead atoms. The maximum atomic E-state index is 13.3. The van der Waals surface area contributed by atoms with Crippen LogP contribution in [0.15, 0.2) is 88.0 Å². The van der Waals surface area contributed by atoms with Crippen LogP contribution in [-0.2, 0) is 4.79 Å². The minimum absolute atomic E-state index is 0.143. The van der Waals surface area contributed by atoms with Gasteiger partial charge >= 0.3 is 0 Å². The number of benzene rings is 3. The van der Waals surface area contributed by atoms with Gasteiger partial charge in [-0.25, -0.2) is 4.99 Å². The summed E-state index contributed by atoms with van der Waals surface area (Å²) in [5.74, 6) is 0.480. The second-order valence-corrected chi connectivity index (χ2v) is 8.03. The van der Waals surface area contributed by atoms with E-state index in [-0.39, 0.29) is 11.7 Å². The highest BCUT2D eigenvalue weighted by molar-refractivity contribution is 9.10. The number of nitrogens with zero attached hydrogens (tertiary/aromatic N) is 3. The van der Waals surface area contributed by atoms with Gasteiger partial charge in [-0.3, -0.25) is 9.69 Å². The zero-order valence-corrected chi connectivity index (χ0v) is 18.2. The van der Waals surface area contributed by atoms with Crippen LogP contribution >= 0.6 is 15.9 Å². The molecule has 0 saturated carbocycles. The lowest BCUT2D eigenvalue weighted by atomic mass is 10.1. The van der Waals surface area contributed by atoms with Crippen molar-refractivity contribution in [1.29, 1.82) is 0 Å². The average Bonchev–Trinajstić information content (AvgIpc) is 3.06. The average molecular weight is 462 g/mol. The second-order valence-electron chi connectivity index (χ2n) is 7.11. The van der Waals surface area contributed by atoms with Crippen LogP contribution in [0, 0.1) is 0 Å². The van der Waals surface area contributed by atoms with E-state index < -0.39 is 0 Å². The van der Waals surface area contributed by atoms with Crippen LogP contribution in [0.1, 0.15) is 11.1 Å². The normalized spacial score (nSPS) is 14.9. The first kappa shape index (κ1) is 19.9.